The van der Waals surface area contributed by atoms with Crippen LogP contribution in [0.15, 0.2) is 47.3 Å². The first-order valence-corrected chi connectivity index (χ1v) is 7.83. The van der Waals surface area contributed by atoms with E-state index < -0.39 is 0 Å². The fourth-order valence-electron chi connectivity index (χ4n) is 3.60. The standard InChI is InChI=1S/C19H15N3O/c1-11-6-7-16-14(10-11)12-8-9-22-18(17(12)20-16)21-15-5-3-2-4-13(15)19(22)23/h2-7,10,20H,8-9H2,1H3. The molecule has 0 saturated heterocycles. The summed E-state index contributed by atoms with van der Waals surface area (Å²) in [5.74, 6) is 0.754. The number of aryl methyl sites for hydroxylation is 2. The highest BCUT2D eigenvalue weighted by molar-refractivity contribution is 5.91. The van der Waals surface area contributed by atoms with E-state index in [1.54, 1.807) is 4.57 Å². The van der Waals surface area contributed by atoms with Crippen LogP contribution < -0.4 is 5.56 Å². The van der Waals surface area contributed by atoms with Crippen molar-refractivity contribution >= 4 is 21.8 Å². The second-order valence-corrected chi connectivity index (χ2v) is 6.19. The molecule has 23 heavy (non-hydrogen) atoms. The molecule has 0 bridgehead atoms. The van der Waals surface area contributed by atoms with Gasteiger partial charge < -0.3 is 4.98 Å². The molecule has 112 valence electrons. The lowest BCUT2D eigenvalue weighted by molar-refractivity contribution is 0.653. The Morgan fingerprint density at radius 1 is 1.13 bits per heavy atom. The number of aromatic nitrogens is 3. The lowest BCUT2D eigenvalue weighted by Crippen LogP contribution is -2.27. The number of aromatic amines is 1. The van der Waals surface area contributed by atoms with Crippen LogP contribution in [0.2, 0.25) is 0 Å². The Kier molecular flexibility index (Phi) is 2.37. The third kappa shape index (κ3) is 1.66. The summed E-state index contributed by atoms with van der Waals surface area (Å²) in [7, 11) is 0. The lowest BCUT2D eigenvalue weighted by Gasteiger charge is -2.18. The molecule has 4 nitrogen and oxygen atoms in total. The van der Waals surface area contributed by atoms with E-state index in [0.29, 0.717) is 11.9 Å². The summed E-state index contributed by atoms with van der Waals surface area (Å²) in [4.78, 5) is 21.0. The van der Waals surface area contributed by atoms with Gasteiger partial charge in [0.05, 0.1) is 16.6 Å². The minimum Gasteiger partial charge on any atom is -0.352 e. The summed E-state index contributed by atoms with van der Waals surface area (Å²) >= 11 is 0. The lowest BCUT2D eigenvalue weighted by atomic mass is 10.0. The van der Waals surface area contributed by atoms with E-state index in [9.17, 15) is 4.79 Å². The molecule has 0 spiro atoms. The number of rotatable bonds is 0. The smallest absolute Gasteiger partial charge is 0.261 e. The zero-order valence-corrected chi connectivity index (χ0v) is 12.8. The van der Waals surface area contributed by atoms with Crippen LogP contribution in [0.3, 0.4) is 0 Å². The maximum absolute atomic E-state index is 12.8. The minimum absolute atomic E-state index is 0.0473. The predicted octanol–water partition coefficient (Wildman–Crippen LogP) is 3.41. The molecule has 1 aliphatic rings. The van der Waals surface area contributed by atoms with Gasteiger partial charge in [0.2, 0.25) is 0 Å². The van der Waals surface area contributed by atoms with Crippen molar-refractivity contribution in [3.63, 3.8) is 0 Å². The van der Waals surface area contributed by atoms with Gasteiger partial charge >= 0.3 is 0 Å². The molecule has 0 atom stereocenters. The van der Waals surface area contributed by atoms with E-state index in [0.717, 1.165) is 29.0 Å². The number of H-pyrrole nitrogens is 1. The van der Waals surface area contributed by atoms with Gasteiger partial charge in [-0.05, 0) is 43.2 Å². The molecule has 0 amide bonds. The molecule has 0 unspecified atom stereocenters. The molecular formula is C19H15N3O. The van der Waals surface area contributed by atoms with Gasteiger partial charge in [0.25, 0.3) is 5.56 Å². The molecule has 1 N–H and O–H groups in total. The predicted molar refractivity (Wildman–Crippen MR) is 91.7 cm³/mol. The van der Waals surface area contributed by atoms with Crippen LogP contribution in [-0.2, 0) is 13.0 Å². The topological polar surface area (TPSA) is 50.7 Å². The van der Waals surface area contributed by atoms with E-state index >= 15 is 0 Å². The number of para-hydroxylation sites is 1. The molecule has 1 aliphatic heterocycles. The van der Waals surface area contributed by atoms with Gasteiger partial charge in [0.1, 0.15) is 0 Å². The highest BCUT2D eigenvalue weighted by Gasteiger charge is 2.23. The summed E-state index contributed by atoms with van der Waals surface area (Å²) < 4.78 is 1.80. The number of benzene rings is 2. The van der Waals surface area contributed by atoms with Gasteiger partial charge in [-0.3, -0.25) is 9.36 Å². The highest BCUT2D eigenvalue weighted by atomic mass is 16.1. The fourth-order valence-corrected chi connectivity index (χ4v) is 3.60. The number of nitrogens with one attached hydrogen (secondary N) is 1. The van der Waals surface area contributed by atoms with Crippen LogP contribution in [0.25, 0.3) is 33.3 Å². The van der Waals surface area contributed by atoms with E-state index in [1.807, 2.05) is 24.3 Å². The molecule has 4 heteroatoms. The third-order valence-corrected chi connectivity index (χ3v) is 4.73. The SMILES string of the molecule is Cc1ccc2[nH]c3c(c2c1)CCn1c-3nc2ccccc2c1=O. The number of hydrogen-bond donors (Lipinski definition) is 1. The first kappa shape index (κ1) is 12.6. The van der Waals surface area contributed by atoms with Gasteiger partial charge in [-0.2, -0.15) is 0 Å². The van der Waals surface area contributed by atoms with E-state index in [4.69, 9.17) is 4.98 Å². The first-order valence-electron chi connectivity index (χ1n) is 7.83. The molecule has 3 heterocycles. The monoisotopic (exact) mass is 301 g/mol. The molecule has 0 aliphatic carbocycles. The second kappa shape index (κ2) is 4.32. The summed E-state index contributed by atoms with van der Waals surface area (Å²) in [6.07, 6.45) is 0.853. The van der Waals surface area contributed by atoms with Gasteiger partial charge in [0.15, 0.2) is 5.82 Å². The maximum Gasteiger partial charge on any atom is 0.261 e. The van der Waals surface area contributed by atoms with Crippen molar-refractivity contribution < 1.29 is 0 Å². The molecule has 0 radical (unpaired) electrons. The number of hydrogen-bond acceptors (Lipinski definition) is 2. The van der Waals surface area contributed by atoms with Crippen LogP contribution >= 0.6 is 0 Å². The van der Waals surface area contributed by atoms with E-state index in [-0.39, 0.29) is 5.56 Å². The molecule has 4 aromatic rings. The van der Waals surface area contributed by atoms with Crippen molar-refractivity contribution in [2.45, 2.75) is 19.9 Å². The van der Waals surface area contributed by atoms with Gasteiger partial charge in [-0.1, -0.05) is 23.8 Å². The Bertz CT molecular complexity index is 1150. The first-order chi connectivity index (χ1) is 11.2. The van der Waals surface area contributed by atoms with Crippen LogP contribution in [-0.4, -0.2) is 14.5 Å². The van der Waals surface area contributed by atoms with Crippen molar-refractivity contribution in [3.05, 3.63) is 63.9 Å². The largest absolute Gasteiger partial charge is 0.352 e. The normalized spacial score (nSPS) is 13.3. The molecule has 0 fully saturated rings. The Morgan fingerprint density at radius 2 is 2.00 bits per heavy atom. The molecule has 5 rings (SSSR count). The zero-order chi connectivity index (χ0) is 15.6. The molecule has 2 aromatic carbocycles. The van der Waals surface area contributed by atoms with E-state index in [2.05, 4.69) is 30.1 Å². The van der Waals surface area contributed by atoms with Crippen molar-refractivity contribution in [1.29, 1.82) is 0 Å². The molecule has 0 saturated carbocycles. The van der Waals surface area contributed by atoms with Crippen molar-refractivity contribution in [3.8, 4) is 11.5 Å². The van der Waals surface area contributed by atoms with Gasteiger partial charge in [-0.15, -0.1) is 0 Å². The Hall–Kier alpha value is -2.88. The second-order valence-electron chi connectivity index (χ2n) is 6.19. The molecule has 2 aromatic heterocycles. The number of fused-ring (bicyclic) bond motifs is 6. The summed E-state index contributed by atoms with van der Waals surface area (Å²) in [6, 6.07) is 14.0. The van der Waals surface area contributed by atoms with Crippen LogP contribution in [0, 0.1) is 6.92 Å². The van der Waals surface area contributed by atoms with Crippen molar-refractivity contribution in [2.24, 2.45) is 0 Å². The maximum atomic E-state index is 12.8. The van der Waals surface area contributed by atoms with Crippen molar-refractivity contribution in [1.82, 2.24) is 14.5 Å². The quantitative estimate of drug-likeness (QED) is 0.541. The van der Waals surface area contributed by atoms with Crippen LogP contribution in [0.4, 0.5) is 0 Å². The Balaban J connectivity index is 1.90. The van der Waals surface area contributed by atoms with Crippen LogP contribution in [0.5, 0.6) is 0 Å². The summed E-state index contributed by atoms with van der Waals surface area (Å²) in [5.41, 5.74) is 5.41. The summed E-state index contributed by atoms with van der Waals surface area (Å²) in [5, 5.41) is 1.93. The fraction of sp³-hybridized carbons (Fsp3) is 0.158. The van der Waals surface area contributed by atoms with Gasteiger partial charge in [0, 0.05) is 17.4 Å². The third-order valence-electron chi connectivity index (χ3n) is 4.73. The zero-order valence-electron chi connectivity index (χ0n) is 12.8. The average Bonchev–Trinajstić information content (AvgIpc) is 2.93. The average molecular weight is 301 g/mol. The van der Waals surface area contributed by atoms with Gasteiger partial charge in [-0.25, -0.2) is 4.98 Å². The van der Waals surface area contributed by atoms with Crippen LogP contribution in [0.1, 0.15) is 11.1 Å². The number of nitrogens with zero attached hydrogens (tertiary/aromatic N) is 2. The van der Waals surface area contributed by atoms with Crippen molar-refractivity contribution in [2.75, 3.05) is 0 Å². The summed E-state index contributed by atoms with van der Waals surface area (Å²) in [6.45, 7) is 2.78. The highest BCUT2D eigenvalue weighted by Crippen LogP contribution is 2.33. The molecular weight excluding hydrogens is 286 g/mol. The minimum atomic E-state index is 0.0473. The van der Waals surface area contributed by atoms with E-state index in [1.165, 1.54) is 16.5 Å². The Labute approximate surface area is 132 Å². The Morgan fingerprint density at radius 3 is 2.91 bits per heavy atom.